The third-order valence-electron chi connectivity index (χ3n) is 1.88. The van der Waals surface area contributed by atoms with E-state index in [9.17, 15) is 4.79 Å². The molecular weight excluding hydrogens is 214 g/mol. The lowest BCUT2D eigenvalue weighted by molar-refractivity contribution is 0.0601. The number of hydrogen-bond acceptors (Lipinski definition) is 3. The molecule has 0 aliphatic carbocycles. The van der Waals surface area contributed by atoms with E-state index < -0.39 is 5.97 Å². The van der Waals surface area contributed by atoms with Crippen LogP contribution in [-0.4, -0.2) is 19.8 Å². The minimum Gasteiger partial charge on any atom is -0.465 e. The van der Waals surface area contributed by atoms with Gasteiger partial charge in [0.25, 0.3) is 0 Å². The maximum atomic E-state index is 11.2. The molecule has 1 aromatic rings. The number of halogens is 1. The van der Waals surface area contributed by atoms with Gasteiger partial charge in [-0.25, -0.2) is 4.79 Å². The van der Waals surface area contributed by atoms with Crippen LogP contribution in [0.25, 0.3) is 5.03 Å². The zero-order chi connectivity index (χ0) is 11.4. The molecule has 0 atom stereocenters. The average Bonchev–Trinajstić information content (AvgIpc) is 2.27. The zero-order valence-corrected chi connectivity index (χ0v) is 9.04. The molecule has 0 spiro atoms. The van der Waals surface area contributed by atoms with Crippen molar-refractivity contribution in [2.75, 3.05) is 7.11 Å². The summed E-state index contributed by atoms with van der Waals surface area (Å²) >= 11 is 5.77. The van der Waals surface area contributed by atoms with Crippen LogP contribution in [-0.2, 0) is 4.74 Å². The first-order chi connectivity index (χ1) is 7.10. The highest BCUT2D eigenvalue weighted by Gasteiger charge is 2.10. The van der Waals surface area contributed by atoms with Crippen molar-refractivity contribution in [2.45, 2.75) is 0 Å². The fourth-order valence-electron chi connectivity index (χ4n) is 1.14. The second kappa shape index (κ2) is 4.75. The van der Waals surface area contributed by atoms with Crippen LogP contribution in [0.4, 0.5) is 5.69 Å². The minimum atomic E-state index is -0.426. The predicted octanol–water partition coefficient (Wildman–Crippen LogP) is 3.01. The van der Waals surface area contributed by atoms with Crippen molar-refractivity contribution in [1.29, 1.82) is 0 Å². The Morgan fingerprint density at radius 1 is 1.53 bits per heavy atom. The Hall–Kier alpha value is -1.61. The molecule has 0 bridgehead atoms. The van der Waals surface area contributed by atoms with Gasteiger partial charge in [0.15, 0.2) is 0 Å². The molecule has 0 saturated heterocycles. The quantitative estimate of drug-likeness (QED) is 0.584. The van der Waals surface area contributed by atoms with Crippen molar-refractivity contribution in [1.82, 2.24) is 0 Å². The van der Waals surface area contributed by atoms with Gasteiger partial charge in [0.2, 0.25) is 0 Å². The summed E-state index contributed by atoms with van der Waals surface area (Å²) in [5, 5.41) is 0.308. The molecule has 0 saturated carbocycles. The van der Waals surface area contributed by atoms with Crippen molar-refractivity contribution in [3.8, 4) is 0 Å². The summed E-state index contributed by atoms with van der Waals surface area (Å²) < 4.78 is 4.59. The number of ether oxygens (including phenoxy) is 1. The molecule has 1 aromatic carbocycles. The van der Waals surface area contributed by atoms with Gasteiger partial charge in [0, 0.05) is 10.6 Å². The van der Waals surface area contributed by atoms with Crippen molar-refractivity contribution in [3.05, 3.63) is 35.9 Å². The highest BCUT2D eigenvalue weighted by molar-refractivity contribution is 6.48. The molecule has 78 valence electrons. The Balaban J connectivity index is 3.27. The van der Waals surface area contributed by atoms with Crippen LogP contribution >= 0.6 is 11.6 Å². The second-order valence-electron chi connectivity index (χ2n) is 2.79. The summed E-state index contributed by atoms with van der Waals surface area (Å²) in [7, 11) is 1.32. The zero-order valence-electron chi connectivity index (χ0n) is 8.29. The number of esters is 1. The predicted molar refractivity (Wildman–Crippen MR) is 61.9 cm³/mol. The fraction of sp³-hybridized carbons (Fsp3) is 0.0909. The molecule has 1 rings (SSSR count). The van der Waals surface area contributed by atoms with Crippen LogP contribution in [0.3, 0.4) is 0 Å². The topological polar surface area (TPSA) is 38.7 Å². The Kier molecular flexibility index (Phi) is 3.63. The van der Waals surface area contributed by atoms with E-state index in [1.807, 2.05) is 0 Å². The number of carbonyl (C=O) groups is 1. The number of nitrogens with zero attached hydrogens (tertiary/aromatic N) is 1. The van der Waals surface area contributed by atoms with Gasteiger partial charge >= 0.3 is 5.97 Å². The van der Waals surface area contributed by atoms with Gasteiger partial charge in [-0.1, -0.05) is 18.2 Å². The van der Waals surface area contributed by atoms with Gasteiger partial charge in [-0.15, -0.1) is 0 Å². The largest absolute Gasteiger partial charge is 0.465 e. The molecule has 3 nitrogen and oxygen atoms in total. The van der Waals surface area contributed by atoms with Crippen LogP contribution < -0.4 is 0 Å². The maximum absolute atomic E-state index is 11.2. The normalized spacial score (nSPS) is 9.47. The number of carbonyl (C=O) groups excluding carboxylic acids is 1. The van der Waals surface area contributed by atoms with Crippen LogP contribution in [0.1, 0.15) is 15.9 Å². The van der Waals surface area contributed by atoms with Crippen molar-refractivity contribution >= 4 is 35.0 Å². The smallest absolute Gasteiger partial charge is 0.337 e. The standard InChI is InChI=1S/C11H10ClNO2/c1-7(12)9-6-8(11(14)15-3)4-5-10(9)13-2/h4-6H,1-2H2,3H3. The van der Waals surface area contributed by atoms with Gasteiger partial charge in [0.05, 0.1) is 18.4 Å². The average molecular weight is 224 g/mol. The van der Waals surface area contributed by atoms with Crippen molar-refractivity contribution in [2.24, 2.45) is 4.99 Å². The summed E-state index contributed by atoms with van der Waals surface area (Å²) in [4.78, 5) is 15.0. The third-order valence-corrected chi connectivity index (χ3v) is 2.08. The first-order valence-electron chi connectivity index (χ1n) is 4.14. The highest BCUT2D eigenvalue weighted by atomic mass is 35.5. The van der Waals surface area contributed by atoms with Crippen LogP contribution in [0.2, 0.25) is 0 Å². The van der Waals surface area contributed by atoms with E-state index in [1.165, 1.54) is 7.11 Å². The van der Waals surface area contributed by atoms with Crippen LogP contribution in [0.15, 0.2) is 29.8 Å². The summed E-state index contributed by atoms with van der Waals surface area (Å²) in [5.74, 6) is -0.426. The van der Waals surface area contributed by atoms with Gasteiger partial charge in [0.1, 0.15) is 0 Å². The molecule has 0 amide bonds. The molecule has 0 aliphatic heterocycles. The molecule has 0 fully saturated rings. The van der Waals surface area contributed by atoms with E-state index in [0.717, 1.165) is 0 Å². The fourth-order valence-corrected chi connectivity index (χ4v) is 1.29. The first-order valence-corrected chi connectivity index (χ1v) is 4.51. The van der Waals surface area contributed by atoms with Gasteiger partial charge < -0.3 is 4.74 Å². The Labute approximate surface area is 93.0 Å². The lowest BCUT2D eigenvalue weighted by atomic mass is 10.1. The van der Waals surface area contributed by atoms with E-state index in [-0.39, 0.29) is 0 Å². The molecular formula is C11H10ClNO2. The summed E-state index contributed by atoms with van der Waals surface area (Å²) in [6.07, 6.45) is 0. The number of hydrogen-bond donors (Lipinski definition) is 0. The highest BCUT2D eigenvalue weighted by Crippen LogP contribution is 2.28. The first kappa shape index (κ1) is 11.5. The van der Waals surface area contributed by atoms with E-state index in [1.54, 1.807) is 18.2 Å². The molecule has 0 radical (unpaired) electrons. The molecule has 0 unspecified atom stereocenters. The van der Waals surface area contributed by atoms with E-state index in [2.05, 4.69) is 23.0 Å². The monoisotopic (exact) mass is 223 g/mol. The lowest BCUT2D eigenvalue weighted by Crippen LogP contribution is -2.01. The Morgan fingerprint density at radius 2 is 2.20 bits per heavy atom. The summed E-state index contributed by atoms with van der Waals surface area (Å²) in [6.45, 7) is 6.99. The van der Waals surface area contributed by atoms with Crippen LogP contribution in [0.5, 0.6) is 0 Å². The van der Waals surface area contributed by atoms with E-state index in [4.69, 9.17) is 11.6 Å². The second-order valence-corrected chi connectivity index (χ2v) is 3.24. The number of aliphatic imine (C=N–C) groups is 1. The SMILES string of the molecule is C=Nc1ccc(C(=O)OC)cc1C(=C)Cl. The lowest BCUT2D eigenvalue weighted by Gasteiger charge is -2.05. The van der Waals surface area contributed by atoms with E-state index >= 15 is 0 Å². The molecule has 0 aliphatic rings. The van der Waals surface area contributed by atoms with Gasteiger partial charge in [-0.3, -0.25) is 4.99 Å². The number of rotatable bonds is 3. The Morgan fingerprint density at radius 3 is 2.67 bits per heavy atom. The van der Waals surface area contributed by atoms with Gasteiger partial charge in [-0.2, -0.15) is 0 Å². The van der Waals surface area contributed by atoms with Crippen LogP contribution in [0, 0.1) is 0 Å². The minimum absolute atomic E-state index is 0.308. The maximum Gasteiger partial charge on any atom is 0.337 e. The van der Waals surface area contributed by atoms with E-state index in [0.29, 0.717) is 21.8 Å². The van der Waals surface area contributed by atoms with Crippen molar-refractivity contribution < 1.29 is 9.53 Å². The molecule has 15 heavy (non-hydrogen) atoms. The molecule has 4 heteroatoms. The summed E-state index contributed by atoms with van der Waals surface area (Å²) in [5.41, 5.74) is 1.57. The summed E-state index contributed by atoms with van der Waals surface area (Å²) in [6, 6.07) is 4.81. The number of methoxy groups -OCH3 is 1. The number of benzene rings is 1. The van der Waals surface area contributed by atoms with Crippen molar-refractivity contribution in [3.63, 3.8) is 0 Å². The Bertz CT molecular complexity index is 427. The third kappa shape index (κ3) is 2.44. The molecule has 0 heterocycles. The molecule has 0 aromatic heterocycles. The van der Waals surface area contributed by atoms with Gasteiger partial charge in [-0.05, 0) is 24.9 Å². The molecule has 0 N–H and O–H groups in total.